The third-order valence-corrected chi connectivity index (χ3v) is 2.30. The van der Waals surface area contributed by atoms with E-state index in [-0.39, 0.29) is 6.61 Å². The van der Waals surface area contributed by atoms with Gasteiger partial charge in [-0.1, -0.05) is 30.3 Å². The number of hydrogen-bond donors (Lipinski definition) is 0. The van der Waals surface area contributed by atoms with Gasteiger partial charge in [-0.3, -0.25) is 9.79 Å². The number of nitrogens with zero attached hydrogens (tertiary/aromatic N) is 3. The highest BCUT2D eigenvalue weighted by Crippen LogP contribution is 2.15. The smallest absolute Gasteiger partial charge is 0.328 e. The summed E-state index contributed by atoms with van der Waals surface area (Å²) in [4.78, 5) is 15.4. The molecule has 5 heteroatoms. The number of aliphatic imine (C=N–C) groups is 1. The number of nitriles is 2. The molecule has 1 aromatic rings. The Kier molecular flexibility index (Phi) is 5.78. The zero-order valence-corrected chi connectivity index (χ0v) is 10.5. The van der Waals surface area contributed by atoms with Crippen molar-refractivity contribution in [3.63, 3.8) is 0 Å². The molecule has 0 aromatic heterocycles. The normalized spacial score (nSPS) is 13.2. The van der Waals surface area contributed by atoms with Gasteiger partial charge in [0.15, 0.2) is 12.0 Å². The van der Waals surface area contributed by atoms with E-state index in [2.05, 4.69) is 4.99 Å². The van der Waals surface area contributed by atoms with E-state index in [4.69, 9.17) is 15.3 Å². The molecule has 96 valence electrons. The molecule has 0 unspecified atom stereocenters. The van der Waals surface area contributed by atoms with E-state index in [1.165, 1.54) is 6.21 Å². The Labute approximate surface area is 111 Å². The molecule has 2 atom stereocenters. The van der Waals surface area contributed by atoms with Gasteiger partial charge in [0.25, 0.3) is 0 Å². The van der Waals surface area contributed by atoms with Gasteiger partial charge in [-0.2, -0.15) is 10.5 Å². The fourth-order valence-electron chi connectivity index (χ4n) is 1.38. The van der Waals surface area contributed by atoms with E-state index in [1.54, 1.807) is 37.3 Å². The molecule has 0 N–H and O–H groups in total. The van der Waals surface area contributed by atoms with E-state index in [1.807, 2.05) is 12.1 Å². The molecule has 1 aromatic carbocycles. The van der Waals surface area contributed by atoms with E-state index in [9.17, 15) is 4.79 Å². The van der Waals surface area contributed by atoms with Gasteiger partial charge >= 0.3 is 5.97 Å². The second kappa shape index (κ2) is 7.62. The van der Waals surface area contributed by atoms with Crippen molar-refractivity contribution in [2.75, 3.05) is 6.61 Å². The molecule has 0 fully saturated rings. The monoisotopic (exact) mass is 255 g/mol. The third kappa shape index (κ3) is 4.25. The first-order chi connectivity index (χ1) is 9.22. The van der Waals surface area contributed by atoms with Gasteiger partial charge in [-0.25, -0.2) is 0 Å². The summed E-state index contributed by atoms with van der Waals surface area (Å²) < 4.78 is 4.73. The van der Waals surface area contributed by atoms with Crippen molar-refractivity contribution >= 4 is 12.2 Å². The average molecular weight is 255 g/mol. The van der Waals surface area contributed by atoms with Gasteiger partial charge in [-0.15, -0.1) is 0 Å². The highest BCUT2D eigenvalue weighted by Gasteiger charge is 2.17. The lowest BCUT2D eigenvalue weighted by atomic mass is 10.1. The predicted molar refractivity (Wildman–Crippen MR) is 69.0 cm³/mol. The van der Waals surface area contributed by atoms with Crippen LogP contribution in [-0.4, -0.2) is 18.8 Å². The molecule has 0 saturated heterocycles. The van der Waals surface area contributed by atoms with Crippen LogP contribution >= 0.6 is 0 Å². The first-order valence-corrected chi connectivity index (χ1v) is 5.77. The molecular weight excluding hydrogens is 242 g/mol. The number of benzene rings is 1. The molecule has 0 saturated carbocycles. The Balaban J connectivity index is 2.81. The zero-order valence-electron chi connectivity index (χ0n) is 10.5. The van der Waals surface area contributed by atoms with Crippen molar-refractivity contribution in [1.29, 1.82) is 10.5 Å². The second-order valence-corrected chi connectivity index (χ2v) is 3.60. The summed E-state index contributed by atoms with van der Waals surface area (Å²) in [6.45, 7) is 1.86. The number of carbonyl (C=O) groups excluding carboxylic acids is 1. The maximum atomic E-state index is 11.4. The fourth-order valence-corrected chi connectivity index (χ4v) is 1.38. The van der Waals surface area contributed by atoms with Gasteiger partial charge in [0.2, 0.25) is 0 Å². The van der Waals surface area contributed by atoms with Crippen LogP contribution in [0.3, 0.4) is 0 Å². The number of rotatable bonds is 5. The summed E-state index contributed by atoms with van der Waals surface area (Å²) in [7, 11) is 0. The molecule has 5 nitrogen and oxygen atoms in total. The highest BCUT2D eigenvalue weighted by atomic mass is 16.5. The fraction of sp³-hybridized carbons (Fsp3) is 0.286. The number of ether oxygens (including phenoxy) is 1. The minimum atomic E-state index is -1.08. The van der Waals surface area contributed by atoms with Gasteiger partial charge in [0.05, 0.1) is 18.7 Å². The largest absolute Gasteiger partial charge is 0.465 e. The Morgan fingerprint density at radius 3 is 2.58 bits per heavy atom. The van der Waals surface area contributed by atoms with Crippen molar-refractivity contribution in [3.05, 3.63) is 35.9 Å². The molecule has 0 aliphatic heterocycles. The van der Waals surface area contributed by atoms with Crippen LogP contribution in [0, 0.1) is 28.6 Å². The van der Waals surface area contributed by atoms with Gasteiger partial charge < -0.3 is 4.74 Å². The third-order valence-electron chi connectivity index (χ3n) is 2.30. The molecule has 0 aliphatic carbocycles. The van der Waals surface area contributed by atoms with Crippen LogP contribution in [-0.2, 0) is 9.53 Å². The Morgan fingerprint density at radius 2 is 2.05 bits per heavy atom. The summed E-state index contributed by atoms with van der Waals surface area (Å²) in [5.41, 5.74) is 0.710. The molecule has 0 spiro atoms. The average Bonchev–Trinajstić information content (AvgIpc) is 2.45. The van der Waals surface area contributed by atoms with Gasteiger partial charge in [0, 0.05) is 6.21 Å². The van der Waals surface area contributed by atoms with Crippen molar-refractivity contribution in [2.24, 2.45) is 10.9 Å². The summed E-state index contributed by atoms with van der Waals surface area (Å²) >= 11 is 0. The SMILES string of the molecule is CCOC(=O)[C@H](C#N)C=N[C@H](C#N)c1ccccc1. The lowest BCUT2D eigenvalue weighted by Crippen LogP contribution is -2.17. The van der Waals surface area contributed by atoms with Crippen LogP contribution in [0.5, 0.6) is 0 Å². The first-order valence-electron chi connectivity index (χ1n) is 5.77. The molecule has 0 radical (unpaired) electrons. The minimum absolute atomic E-state index is 0.200. The summed E-state index contributed by atoms with van der Waals surface area (Å²) in [5.74, 6) is -1.74. The van der Waals surface area contributed by atoms with E-state index in [0.29, 0.717) is 5.56 Å². The van der Waals surface area contributed by atoms with Crippen molar-refractivity contribution in [1.82, 2.24) is 0 Å². The van der Waals surface area contributed by atoms with E-state index >= 15 is 0 Å². The van der Waals surface area contributed by atoms with Crippen molar-refractivity contribution in [3.8, 4) is 12.1 Å². The predicted octanol–water partition coefficient (Wildman–Crippen LogP) is 2.02. The number of carbonyl (C=O) groups is 1. The zero-order chi connectivity index (χ0) is 14.1. The number of esters is 1. The standard InChI is InChI=1S/C14H13N3O2/c1-2-19-14(18)12(8-15)10-17-13(9-16)11-6-4-3-5-7-11/h3-7,10,12-13H,2H2,1H3/t12-,13-/m1/s1. The summed E-state index contributed by atoms with van der Waals surface area (Å²) in [6, 6.07) is 12.0. The van der Waals surface area contributed by atoms with Crippen LogP contribution in [0.15, 0.2) is 35.3 Å². The summed E-state index contributed by atoms with van der Waals surface area (Å²) in [5, 5.41) is 17.9. The minimum Gasteiger partial charge on any atom is -0.465 e. The van der Waals surface area contributed by atoms with Crippen LogP contribution in [0.4, 0.5) is 0 Å². The molecule has 0 aliphatic rings. The topological polar surface area (TPSA) is 86.2 Å². The number of hydrogen-bond acceptors (Lipinski definition) is 5. The Morgan fingerprint density at radius 1 is 1.37 bits per heavy atom. The maximum absolute atomic E-state index is 11.4. The second-order valence-electron chi connectivity index (χ2n) is 3.60. The van der Waals surface area contributed by atoms with Crippen LogP contribution in [0.1, 0.15) is 18.5 Å². The summed E-state index contributed by atoms with van der Waals surface area (Å²) in [6.07, 6.45) is 1.17. The van der Waals surface area contributed by atoms with Crippen LogP contribution in [0.25, 0.3) is 0 Å². The molecule has 19 heavy (non-hydrogen) atoms. The molecule has 1 rings (SSSR count). The first kappa shape index (κ1) is 14.4. The van der Waals surface area contributed by atoms with Crippen molar-refractivity contribution in [2.45, 2.75) is 13.0 Å². The Bertz CT molecular complexity index is 526. The van der Waals surface area contributed by atoms with Crippen LogP contribution in [0.2, 0.25) is 0 Å². The molecule has 0 amide bonds. The van der Waals surface area contributed by atoms with Gasteiger partial charge in [-0.05, 0) is 12.5 Å². The van der Waals surface area contributed by atoms with E-state index < -0.39 is 17.9 Å². The molecule has 0 heterocycles. The van der Waals surface area contributed by atoms with E-state index in [0.717, 1.165) is 0 Å². The van der Waals surface area contributed by atoms with Crippen molar-refractivity contribution < 1.29 is 9.53 Å². The van der Waals surface area contributed by atoms with Gasteiger partial charge in [0.1, 0.15) is 0 Å². The maximum Gasteiger partial charge on any atom is 0.328 e. The molecular formula is C14H13N3O2. The quantitative estimate of drug-likeness (QED) is 0.595. The lowest BCUT2D eigenvalue weighted by Gasteiger charge is -2.05. The molecule has 0 bridgehead atoms. The van der Waals surface area contributed by atoms with Crippen LogP contribution < -0.4 is 0 Å². The Hall–Kier alpha value is -2.66. The lowest BCUT2D eigenvalue weighted by molar-refractivity contribution is -0.143. The highest BCUT2D eigenvalue weighted by molar-refractivity contribution is 5.93.